The standard InChI is InChI=1S/C31H39N3O5S/c1-7-23(3)32-31(36)25(5)33(20-26-16-18-27(39-6)19-17-26)30(35)21-34(29-15-11-12-22(2)24(29)4)40(37,38)28-13-9-8-10-14-28/h8-19,23,25H,7,20-21H2,1-6H3,(H,32,36)/t23-,25-/m1/s1. The fourth-order valence-corrected chi connectivity index (χ4v) is 5.71. The third kappa shape index (κ3) is 7.21. The van der Waals surface area contributed by atoms with Gasteiger partial charge in [-0.15, -0.1) is 0 Å². The Kier molecular flexibility index (Phi) is 10.3. The maximum atomic E-state index is 14.0. The molecule has 0 aliphatic heterocycles. The van der Waals surface area contributed by atoms with E-state index in [9.17, 15) is 18.0 Å². The second kappa shape index (κ2) is 13.5. The fourth-order valence-electron chi connectivity index (χ4n) is 4.21. The molecule has 8 nitrogen and oxygen atoms in total. The van der Waals surface area contributed by atoms with Gasteiger partial charge in [0.2, 0.25) is 11.8 Å². The average molecular weight is 566 g/mol. The number of hydrogen-bond donors (Lipinski definition) is 1. The Labute approximate surface area is 238 Å². The lowest BCUT2D eigenvalue weighted by Crippen LogP contribution is -2.52. The Balaban J connectivity index is 2.05. The maximum absolute atomic E-state index is 14.0. The first kappa shape index (κ1) is 30.7. The number of carbonyl (C=O) groups is 2. The summed E-state index contributed by atoms with van der Waals surface area (Å²) in [4.78, 5) is 28.7. The highest BCUT2D eigenvalue weighted by molar-refractivity contribution is 7.92. The average Bonchev–Trinajstić information content (AvgIpc) is 2.96. The van der Waals surface area contributed by atoms with Crippen LogP contribution in [0.1, 0.15) is 43.9 Å². The summed E-state index contributed by atoms with van der Waals surface area (Å²) in [6.45, 7) is 8.89. The first-order valence-corrected chi connectivity index (χ1v) is 14.8. The predicted octanol–water partition coefficient (Wildman–Crippen LogP) is 4.84. The summed E-state index contributed by atoms with van der Waals surface area (Å²) in [6, 6.07) is 19.7. The fraction of sp³-hybridized carbons (Fsp3) is 0.355. The van der Waals surface area contributed by atoms with E-state index in [2.05, 4.69) is 5.32 Å². The van der Waals surface area contributed by atoms with E-state index in [4.69, 9.17) is 4.74 Å². The number of anilines is 1. The minimum atomic E-state index is -4.10. The van der Waals surface area contributed by atoms with Gasteiger partial charge in [0.15, 0.2) is 0 Å². The number of nitrogens with one attached hydrogen (secondary N) is 1. The van der Waals surface area contributed by atoms with Crippen LogP contribution in [0.3, 0.4) is 0 Å². The summed E-state index contributed by atoms with van der Waals surface area (Å²) in [5.74, 6) is -0.136. The van der Waals surface area contributed by atoms with Gasteiger partial charge in [-0.2, -0.15) is 0 Å². The highest BCUT2D eigenvalue weighted by atomic mass is 32.2. The molecular weight excluding hydrogens is 526 g/mol. The zero-order chi connectivity index (χ0) is 29.4. The van der Waals surface area contributed by atoms with Crippen molar-refractivity contribution in [2.24, 2.45) is 0 Å². The topological polar surface area (TPSA) is 96.0 Å². The number of amides is 2. The number of carbonyl (C=O) groups excluding carboxylic acids is 2. The molecule has 214 valence electrons. The number of hydrogen-bond acceptors (Lipinski definition) is 5. The molecule has 0 bridgehead atoms. The van der Waals surface area contributed by atoms with E-state index in [1.165, 1.54) is 17.0 Å². The molecule has 0 radical (unpaired) electrons. The SMILES string of the molecule is CC[C@@H](C)NC(=O)[C@@H](C)N(Cc1ccc(OC)cc1)C(=O)CN(c1cccc(C)c1C)S(=O)(=O)c1ccccc1. The normalized spacial score (nSPS) is 12.8. The van der Waals surface area contributed by atoms with Crippen molar-refractivity contribution in [1.82, 2.24) is 10.2 Å². The first-order chi connectivity index (χ1) is 19.0. The van der Waals surface area contributed by atoms with Crippen LogP contribution in [0.2, 0.25) is 0 Å². The highest BCUT2D eigenvalue weighted by Crippen LogP contribution is 2.29. The minimum absolute atomic E-state index is 0.0715. The van der Waals surface area contributed by atoms with Crippen molar-refractivity contribution in [3.8, 4) is 5.75 Å². The summed E-state index contributed by atoms with van der Waals surface area (Å²) in [5.41, 5.74) is 2.84. The molecule has 0 saturated heterocycles. The van der Waals surface area contributed by atoms with Gasteiger partial charge in [0.05, 0.1) is 17.7 Å². The second-order valence-corrected chi connectivity index (χ2v) is 11.8. The van der Waals surface area contributed by atoms with E-state index in [-0.39, 0.29) is 23.4 Å². The Hall–Kier alpha value is -3.85. The molecule has 0 saturated carbocycles. The molecule has 0 heterocycles. The number of sulfonamides is 1. The van der Waals surface area contributed by atoms with Crippen molar-refractivity contribution in [3.05, 3.63) is 89.5 Å². The summed E-state index contributed by atoms with van der Waals surface area (Å²) in [6.07, 6.45) is 0.737. The number of rotatable bonds is 12. The summed E-state index contributed by atoms with van der Waals surface area (Å²) in [7, 11) is -2.53. The van der Waals surface area contributed by atoms with Gasteiger partial charge in [0, 0.05) is 12.6 Å². The van der Waals surface area contributed by atoms with E-state index in [1.54, 1.807) is 56.5 Å². The lowest BCUT2D eigenvalue weighted by molar-refractivity contribution is -0.139. The molecule has 3 rings (SSSR count). The number of aryl methyl sites for hydroxylation is 1. The molecule has 2 amide bonds. The lowest BCUT2D eigenvalue weighted by Gasteiger charge is -2.33. The zero-order valence-electron chi connectivity index (χ0n) is 24.0. The van der Waals surface area contributed by atoms with Crippen LogP contribution in [0.4, 0.5) is 5.69 Å². The zero-order valence-corrected chi connectivity index (χ0v) is 24.9. The van der Waals surface area contributed by atoms with Gasteiger partial charge in [-0.3, -0.25) is 13.9 Å². The van der Waals surface area contributed by atoms with Gasteiger partial charge in [0.25, 0.3) is 10.0 Å². The maximum Gasteiger partial charge on any atom is 0.264 e. The van der Waals surface area contributed by atoms with E-state index in [0.717, 1.165) is 27.4 Å². The summed E-state index contributed by atoms with van der Waals surface area (Å²) < 4.78 is 34.3. The van der Waals surface area contributed by atoms with E-state index in [1.807, 2.05) is 45.9 Å². The molecular formula is C31H39N3O5S. The van der Waals surface area contributed by atoms with Crippen LogP contribution in [0.5, 0.6) is 5.75 Å². The lowest BCUT2D eigenvalue weighted by atomic mass is 10.1. The highest BCUT2D eigenvalue weighted by Gasteiger charge is 2.33. The minimum Gasteiger partial charge on any atom is -0.497 e. The van der Waals surface area contributed by atoms with E-state index >= 15 is 0 Å². The van der Waals surface area contributed by atoms with Crippen LogP contribution in [0, 0.1) is 13.8 Å². The summed E-state index contributed by atoms with van der Waals surface area (Å²) in [5, 5.41) is 2.94. The number of nitrogens with zero attached hydrogens (tertiary/aromatic N) is 2. The molecule has 3 aromatic carbocycles. The summed E-state index contributed by atoms with van der Waals surface area (Å²) >= 11 is 0. The third-order valence-electron chi connectivity index (χ3n) is 7.14. The molecule has 0 aromatic heterocycles. The van der Waals surface area contributed by atoms with Crippen molar-refractivity contribution < 1.29 is 22.7 Å². The van der Waals surface area contributed by atoms with Crippen LogP contribution in [0.15, 0.2) is 77.7 Å². The second-order valence-electron chi connectivity index (χ2n) is 9.91. The van der Waals surface area contributed by atoms with Crippen molar-refractivity contribution >= 4 is 27.5 Å². The molecule has 0 aliphatic rings. The van der Waals surface area contributed by atoms with Crippen LogP contribution in [-0.2, 0) is 26.2 Å². The molecule has 0 unspecified atom stereocenters. The largest absolute Gasteiger partial charge is 0.497 e. The van der Waals surface area contributed by atoms with Crippen molar-refractivity contribution in [1.29, 1.82) is 0 Å². The predicted molar refractivity (Wildman–Crippen MR) is 158 cm³/mol. The third-order valence-corrected chi connectivity index (χ3v) is 8.91. The Morgan fingerprint density at radius 2 is 1.57 bits per heavy atom. The number of methoxy groups -OCH3 is 1. The van der Waals surface area contributed by atoms with Crippen molar-refractivity contribution in [3.63, 3.8) is 0 Å². The molecule has 3 aromatic rings. The van der Waals surface area contributed by atoms with Gasteiger partial charge >= 0.3 is 0 Å². The monoisotopic (exact) mass is 565 g/mol. The molecule has 0 fully saturated rings. The van der Waals surface area contributed by atoms with Crippen molar-refractivity contribution in [2.75, 3.05) is 18.0 Å². The molecule has 2 atom stereocenters. The Morgan fingerprint density at radius 1 is 0.925 bits per heavy atom. The van der Waals surface area contributed by atoms with Gasteiger partial charge in [-0.05, 0) is 81.1 Å². The van der Waals surface area contributed by atoms with Crippen molar-refractivity contribution in [2.45, 2.75) is 64.6 Å². The van der Waals surface area contributed by atoms with E-state index in [0.29, 0.717) is 11.4 Å². The molecule has 0 aliphatic carbocycles. The smallest absolute Gasteiger partial charge is 0.264 e. The van der Waals surface area contributed by atoms with Crippen LogP contribution in [0.25, 0.3) is 0 Å². The van der Waals surface area contributed by atoms with Crippen LogP contribution >= 0.6 is 0 Å². The van der Waals surface area contributed by atoms with Crippen LogP contribution in [-0.4, -0.2) is 50.9 Å². The molecule has 1 N–H and O–H groups in total. The van der Waals surface area contributed by atoms with Crippen LogP contribution < -0.4 is 14.4 Å². The number of benzene rings is 3. The van der Waals surface area contributed by atoms with E-state index < -0.39 is 28.5 Å². The Morgan fingerprint density at radius 3 is 2.17 bits per heavy atom. The Bertz CT molecular complexity index is 1410. The molecule has 40 heavy (non-hydrogen) atoms. The quantitative estimate of drug-likeness (QED) is 0.339. The van der Waals surface area contributed by atoms with Gasteiger partial charge < -0.3 is 15.0 Å². The molecule has 0 spiro atoms. The number of ether oxygens (including phenoxy) is 1. The van der Waals surface area contributed by atoms with Gasteiger partial charge in [-0.25, -0.2) is 8.42 Å². The van der Waals surface area contributed by atoms with Gasteiger partial charge in [-0.1, -0.05) is 49.4 Å². The first-order valence-electron chi connectivity index (χ1n) is 13.4. The molecule has 9 heteroatoms. The van der Waals surface area contributed by atoms with Gasteiger partial charge in [0.1, 0.15) is 18.3 Å².